The van der Waals surface area contributed by atoms with Crippen LogP contribution in [0, 0.1) is 13.8 Å². The minimum Gasteiger partial charge on any atom is -0.343 e. The molecule has 1 aliphatic heterocycles. The standard InChI is InChI=1S/C14H18N2O2S/c1-9-5-10(2)7-11(6-9)15-14(18)12-8-19-4-3-13(17)16-12/h5-7,12H,3-4,8H2,1-2H3,(H,15,18)(H,16,17)/t12-/m0/s1. The van der Waals surface area contributed by atoms with E-state index in [-0.39, 0.29) is 11.8 Å². The van der Waals surface area contributed by atoms with Gasteiger partial charge >= 0.3 is 0 Å². The molecule has 5 heteroatoms. The maximum absolute atomic E-state index is 12.1. The first kappa shape index (κ1) is 13.9. The summed E-state index contributed by atoms with van der Waals surface area (Å²) in [7, 11) is 0. The molecule has 19 heavy (non-hydrogen) atoms. The smallest absolute Gasteiger partial charge is 0.247 e. The summed E-state index contributed by atoms with van der Waals surface area (Å²) in [6.07, 6.45) is 0.484. The first-order chi connectivity index (χ1) is 9.04. The van der Waals surface area contributed by atoms with Crippen molar-refractivity contribution in [3.8, 4) is 0 Å². The van der Waals surface area contributed by atoms with Crippen molar-refractivity contribution < 1.29 is 9.59 Å². The van der Waals surface area contributed by atoms with E-state index in [0.717, 1.165) is 22.6 Å². The number of rotatable bonds is 2. The van der Waals surface area contributed by atoms with Gasteiger partial charge in [-0.25, -0.2) is 0 Å². The van der Waals surface area contributed by atoms with Crippen LogP contribution in [0.3, 0.4) is 0 Å². The van der Waals surface area contributed by atoms with Crippen LogP contribution in [0.2, 0.25) is 0 Å². The van der Waals surface area contributed by atoms with Crippen LogP contribution in [-0.2, 0) is 9.59 Å². The lowest BCUT2D eigenvalue weighted by molar-refractivity contribution is -0.125. The molecule has 0 unspecified atom stereocenters. The lowest BCUT2D eigenvalue weighted by atomic mass is 10.1. The van der Waals surface area contributed by atoms with Gasteiger partial charge in [0.15, 0.2) is 0 Å². The molecule has 102 valence electrons. The lowest BCUT2D eigenvalue weighted by Gasteiger charge is -2.15. The summed E-state index contributed by atoms with van der Waals surface area (Å²) in [4.78, 5) is 23.6. The topological polar surface area (TPSA) is 58.2 Å². The van der Waals surface area contributed by atoms with E-state index in [2.05, 4.69) is 16.7 Å². The number of amides is 2. The Balaban J connectivity index is 2.05. The molecule has 0 aliphatic carbocycles. The number of benzene rings is 1. The van der Waals surface area contributed by atoms with Crippen molar-refractivity contribution in [1.29, 1.82) is 0 Å². The molecule has 4 nitrogen and oxygen atoms in total. The Morgan fingerprint density at radius 1 is 1.32 bits per heavy atom. The number of thioether (sulfide) groups is 1. The molecule has 1 aromatic rings. The summed E-state index contributed by atoms with van der Waals surface area (Å²) in [5.41, 5.74) is 3.00. The number of carbonyl (C=O) groups is 2. The zero-order valence-electron chi connectivity index (χ0n) is 11.2. The highest BCUT2D eigenvalue weighted by atomic mass is 32.2. The Bertz CT molecular complexity index is 482. The van der Waals surface area contributed by atoms with E-state index in [9.17, 15) is 9.59 Å². The van der Waals surface area contributed by atoms with Crippen LogP contribution in [0.5, 0.6) is 0 Å². The highest BCUT2D eigenvalue weighted by molar-refractivity contribution is 7.99. The average molecular weight is 278 g/mol. The van der Waals surface area contributed by atoms with E-state index < -0.39 is 6.04 Å². The molecule has 1 aliphatic rings. The summed E-state index contributed by atoms with van der Waals surface area (Å²) in [5.74, 6) is 1.21. The molecule has 2 amide bonds. The summed E-state index contributed by atoms with van der Waals surface area (Å²) >= 11 is 1.63. The van der Waals surface area contributed by atoms with Gasteiger partial charge in [0.2, 0.25) is 11.8 Å². The molecule has 0 spiro atoms. The van der Waals surface area contributed by atoms with E-state index in [1.807, 2.05) is 26.0 Å². The predicted octanol–water partition coefficient (Wildman–Crippen LogP) is 1.86. The number of carbonyl (C=O) groups excluding carboxylic acids is 2. The van der Waals surface area contributed by atoms with E-state index in [0.29, 0.717) is 12.2 Å². The number of aryl methyl sites for hydroxylation is 2. The third-order valence-corrected chi connectivity index (χ3v) is 3.96. The van der Waals surface area contributed by atoms with Crippen molar-refractivity contribution in [1.82, 2.24) is 5.32 Å². The van der Waals surface area contributed by atoms with Crippen LogP contribution < -0.4 is 10.6 Å². The molecular formula is C14H18N2O2S. The highest BCUT2D eigenvalue weighted by Gasteiger charge is 2.23. The first-order valence-corrected chi connectivity index (χ1v) is 7.46. The van der Waals surface area contributed by atoms with Crippen LogP contribution in [-0.4, -0.2) is 29.4 Å². The lowest BCUT2D eigenvalue weighted by Crippen LogP contribution is -2.44. The second-order valence-corrected chi connectivity index (χ2v) is 5.96. The summed E-state index contributed by atoms with van der Waals surface area (Å²) in [5, 5.41) is 5.63. The Morgan fingerprint density at radius 3 is 2.68 bits per heavy atom. The van der Waals surface area contributed by atoms with Gasteiger partial charge in [-0.15, -0.1) is 0 Å². The molecule has 0 aromatic heterocycles. The second-order valence-electron chi connectivity index (χ2n) is 4.81. The van der Waals surface area contributed by atoms with Crippen LogP contribution in [0.1, 0.15) is 17.5 Å². The second kappa shape index (κ2) is 6.10. The van der Waals surface area contributed by atoms with Crippen molar-refractivity contribution in [3.05, 3.63) is 29.3 Å². The van der Waals surface area contributed by atoms with Crippen molar-refractivity contribution in [2.45, 2.75) is 26.3 Å². The molecule has 1 saturated heterocycles. The Labute approximate surface area is 117 Å². The highest BCUT2D eigenvalue weighted by Crippen LogP contribution is 2.15. The molecule has 0 saturated carbocycles. The number of nitrogens with one attached hydrogen (secondary N) is 2. The van der Waals surface area contributed by atoms with Gasteiger partial charge in [-0.2, -0.15) is 11.8 Å². The summed E-state index contributed by atoms with van der Waals surface area (Å²) in [6, 6.07) is 5.47. The van der Waals surface area contributed by atoms with E-state index in [4.69, 9.17) is 0 Å². The van der Waals surface area contributed by atoms with E-state index in [1.165, 1.54) is 0 Å². The molecule has 0 bridgehead atoms. The third kappa shape index (κ3) is 3.99. The largest absolute Gasteiger partial charge is 0.343 e. The van der Waals surface area contributed by atoms with E-state index in [1.54, 1.807) is 11.8 Å². The molecule has 1 fully saturated rings. The Morgan fingerprint density at radius 2 is 2.00 bits per heavy atom. The zero-order chi connectivity index (χ0) is 13.8. The fourth-order valence-electron chi connectivity index (χ4n) is 2.09. The summed E-state index contributed by atoms with van der Waals surface area (Å²) < 4.78 is 0. The van der Waals surface area contributed by atoms with Crippen molar-refractivity contribution in [2.75, 3.05) is 16.8 Å². The average Bonchev–Trinajstić information content (AvgIpc) is 2.52. The first-order valence-electron chi connectivity index (χ1n) is 6.31. The zero-order valence-corrected chi connectivity index (χ0v) is 12.0. The van der Waals surface area contributed by atoms with Crippen molar-refractivity contribution >= 4 is 29.3 Å². The van der Waals surface area contributed by atoms with E-state index >= 15 is 0 Å². The van der Waals surface area contributed by atoms with Gasteiger partial charge in [0.1, 0.15) is 6.04 Å². The van der Waals surface area contributed by atoms with Crippen LogP contribution in [0.4, 0.5) is 5.69 Å². The van der Waals surface area contributed by atoms with Crippen LogP contribution in [0.25, 0.3) is 0 Å². The maximum Gasteiger partial charge on any atom is 0.247 e. The molecule has 2 rings (SSSR count). The molecular weight excluding hydrogens is 260 g/mol. The van der Waals surface area contributed by atoms with Gasteiger partial charge < -0.3 is 10.6 Å². The van der Waals surface area contributed by atoms with Gasteiger partial charge in [0.25, 0.3) is 0 Å². The van der Waals surface area contributed by atoms with Gasteiger partial charge in [-0.1, -0.05) is 6.07 Å². The van der Waals surface area contributed by atoms with Gasteiger partial charge in [0.05, 0.1) is 0 Å². The number of hydrogen-bond donors (Lipinski definition) is 2. The van der Waals surface area contributed by atoms with Crippen LogP contribution >= 0.6 is 11.8 Å². The Kier molecular flexibility index (Phi) is 4.47. The fourth-order valence-corrected chi connectivity index (χ4v) is 3.06. The Hall–Kier alpha value is -1.49. The predicted molar refractivity (Wildman–Crippen MR) is 78.4 cm³/mol. The molecule has 2 N–H and O–H groups in total. The third-order valence-electron chi connectivity index (χ3n) is 2.90. The van der Waals surface area contributed by atoms with Crippen molar-refractivity contribution in [3.63, 3.8) is 0 Å². The number of anilines is 1. The van der Waals surface area contributed by atoms with Crippen molar-refractivity contribution in [2.24, 2.45) is 0 Å². The molecule has 1 aromatic carbocycles. The monoisotopic (exact) mass is 278 g/mol. The SMILES string of the molecule is Cc1cc(C)cc(NC(=O)[C@@H]2CSCCC(=O)N2)c1. The van der Waals surface area contributed by atoms with Gasteiger partial charge in [-0.3, -0.25) is 9.59 Å². The minimum atomic E-state index is -0.444. The molecule has 1 atom stereocenters. The maximum atomic E-state index is 12.1. The molecule has 0 radical (unpaired) electrons. The molecule has 1 heterocycles. The van der Waals surface area contributed by atoms with Gasteiger partial charge in [0, 0.05) is 23.6 Å². The normalized spacial score (nSPS) is 19.5. The van der Waals surface area contributed by atoms with Gasteiger partial charge in [-0.05, 0) is 37.1 Å². The number of hydrogen-bond acceptors (Lipinski definition) is 3. The minimum absolute atomic E-state index is 0.0504. The summed E-state index contributed by atoms with van der Waals surface area (Å²) in [6.45, 7) is 3.98. The quantitative estimate of drug-likeness (QED) is 0.868. The van der Waals surface area contributed by atoms with Crippen LogP contribution in [0.15, 0.2) is 18.2 Å². The fraction of sp³-hybridized carbons (Fsp3) is 0.429.